The molecule has 3 rings (SSSR count). The normalized spacial score (nSPS) is 23.8. The van der Waals surface area contributed by atoms with E-state index in [9.17, 15) is 4.79 Å². The zero-order valence-electron chi connectivity index (χ0n) is 13.8. The van der Waals surface area contributed by atoms with Gasteiger partial charge in [-0.05, 0) is 37.1 Å². The van der Waals surface area contributed by atoms with Crippen molar-refractivity contribution in [3.05, 3.63) is 35.4 Å². The molecule has 0 radical (unpaired) electrons. The lowest BCUT2D eigenvalue weighted by atomic mass is 9.95. The van der Waals surface area contributed by atoms with Crippen molar-refractivity contribution < 1.29 is 14.3 Å². The first kappa shape index (κ1) is 16.0. The third kappa shape index (κ3) is 2.99. The van der Waals surface area contributed by atoms with Gasteiger partial charge in [-0.15, -0.1) is 0 Å². The summed E-state index contributed by atoms with van der Waals surface area (Å²) in [7, 11) is 3.34. The molecule has 1 unspecified atom stereocenters. The van der Waals surface area contributed by atoms with Gasteiger partial charge < -0.3 is 14.8 Å². The fourth-order valence-corrected chi connectivity index (χ4v) is 3.62. The number of hydrogen-bond donors (Lipinski definition) is 1. The fourth-order valence-electron chi connectivity index (χ4n) is 3.62. The molecule has 23 heavy (non-hydrogen) atoms. The van der Waals surface area contributed by atoms with E-state index in [1.165, 1.54) is 5.57 Å². The van der Waals surface area contributed by atoms with E-state index in [-0.39, 0.29) is 5.91 Å². The molecule has 1 aromatic rings. The third-order valence-corrected chi connectivity index (χ3v) is 4.74. The predicted octanol–water partition coefficient (Wildman–Crippen LogP) is 1.69. The standard InChI is InChI=1S/C18H24N2O3/c1-19-17(21)18(13-22-2)8-5-9-20(18)11-14-10-15-6-3-4-7-16(15)23-12-14/h3-4,6-7,10H,5,8-9,11-13H2,1-2H3,(H,19,21). The second kappa shape index (κ2) is 6.72. The number of carbonyl (C=O) groups excluding carboxylic acids is 1. The van der Waals surface area contributed by atoms with Crippen LogP contribution in [-0.2, 0) is 9.53 Å². The highest BCUT2D eigenvalue weighted by Crippen LogP contribution is 2.33. The minimum absolute atomic E-state index is 0.0366. The number of carbonyl (C=O) groups is 1. The number of hydrogen-bond acceptors (Lipinski definition) is 4. The Bertz CT molecular complexity index is 614. The van der Waals surface area contributed by atoms with Crippen LogP contribution in [0, 0.1) is 0 Å². The fraction of sp³-hybridized carbons (Fsp3) is 0.500. The maximum Gasteiger partial charge on any atom is 0.242 e. The van der Waals surface area contributed by atoms with Crippen LogP contribution in [0.15, 0.2) is 29.8 Å². The van der Waals surface area contributed by atoms with E-state index in [1.807, 2.05) is 18.2 Å². The van der Waals surface area contributed by atoms with Crippen LogP contribution in [-0.4, -0.2) is 56.8 Å². The Labute approximate surface area is 137 Å². The van der Waals surface area contributed by atoms with Crippen LogP contribution in [0.4, 0.5) is 0 Å². The summed E-state index contributed by atoms with van der Waals surface area (Å²) in [6.45, 7) is 2.61. The Morgan fingerprint density at radius 1 is 1.43 bits per heavy atom. The lowest BCUT2D eigenvalue weighted by Gasteiger charge is -2.37. The summed E-state index contributed by atoms with van der Waals surface area (Å²) < 4.78 is 11.2. The van der Waals surface area contributed by atoms with E-state index in [0.29, 0.717) is 13.2 Å². The average Bonchev–Trinajstić information content (AvgIpc) is 2.98. The molecule has 1 N–H and O–H groups in total. The molecule has 2 aliphatic heterocycles. The van der Waals surface area contributed by atoms with Gasteiger partial charge >= 0.3 is 0 Å². The summed E-state index contributed by atoms with van der Waals surface area (Å²) in [6, 6.07) is 8.03. The Morgan fingerprint density at radius 3 is 3.04 bits per heavy atom. The molecule has 1 amide bonds. The molecule has 124 valence electrons. The summed E-state index contributed by atoms with van der Waals surface area (Å²) in [5, 5.41) is 2.80. The highest BCUT2D eigenvalue weighted by Gasteiger charge is 2.47. The Morgan fingerprint density at radius 2 is 2.26 bits per heavy atom. The number of rotatable bonds is 5. The Hall–Kier alpha value is -1.85. The second-order valence-electron chi connectivity index (χ2n) is 6.20. The van der Waals surface area contributed by atoms with Gasteiger partial charge in [0.25, 0.3) is 0 Å². The van der Waals surface area contributed by atoms with Crippen LogP contribution < -0.4 is 10.1 Å². The van der Waals surface area contributed by atoms with E-state index < -0.39 is 5.54 Å². The van der Waals surface area contributed by atoms with Crippen LogP contribution in [0.3, 0.4) is 0 Å². The first-order valence-electron chi connectivity index (χ1n) is 8.07. The Kier molecular flexibility index (Phi) is 4.68. The first-order chi connectivity index (χ1) is 11.2. The van der Waals surface area contributed by atoms with Gasteiger partial charge in [0, 0.05) is 26.3 Å². The number of ether oxygens (including phenoxy) is 2. The zero-order chi connectivity index (χ0) is 16.3. The van der Waals surface area contributed by atoms with Crippen molar-refractivity contribution in [3.8, 4) is 5.75 Å². The molecule has 5 heteroatoms. The lowest BCUT2D eigenvalue weighted by molar-refractivity contribution is -0.134. The molecule has 2 aliphatic rings. The maximum absolute atomic E-state index is 12.5. The number of likely N-dealkylation sites (tertiary alicyclic amines) is 1. The van der Waals surface area contributed by atoms with Gasteiger partial charge in [-0.1, -0.05) is 18.2 Å². The van der Waals surface area contributed by atoms with Gasteiger partial charge in [0.15, 0.2) is 0 Å². The van der Waals surface area contributed by atoms with E-state index in [4.69, 9.17) is 9.47 Å². The number of methoxy groups -OCH3 is 1. The maximum atomic E-state index is 12.5. The average molecular weight is 316 g/mol. The number of nitrogens with one attached hydrogen (secondary N) is 1. The molecule has 1 atom stereocenters. The highest BCUT2D eigenvalue weighted by molar-refractivity contribution is 5.86. The van der Waals surface area contributed by atoms with Gasteiger partial charge in [-0.25, -0.2) is 0 Å². The minimum atomic E-state index is -0.568. The molecule has 0 saturated carbocycles. The zero-order valence-corrected chi connectivity index (χ0v) is 13.8. The van der Waals surface area contributed by atoms with Gasteiger partial charge in [0.05, 0.1) is 6.61 Å². The van der Waals surface area contributed by atoms with E-state index in [0.717, 1.165) is 37.2 Å². The summed E-state index contributed by atoms with van der Waals surface area (Å²) in [4.78, 5) is 14.7. The first-order valence-corrected chi connectivity index (χ1v) is 8.07. The van der Waals surface area contributed by atoms with Crippen molar-refractivity contribution in [3.63, 3.8) is 0 Å². The number of likely N-dealkylation sites (N-methyl/N-ethyl adjacent to an activating group) is 1. The molecule has 1 aromatic carbocycles. The molecule has 1 saturated heterocycles. The van der Waals surface area contributed by atoms with Gasteiger partial charge in [-0.2, -0.15) is 0 Å². The topological polar surface area (TPSA) is 50.8 Å². The molecule has 1 fully saturated rings. The van der Waals surface area contributed by atoms with Crippen LogP contribution >= 0.6 is 0 Å². The molecular formula is C18H24N2O3. The van der Waals surface area contributed by atoms with Crippen molar-refractivity contribution >= 4 is 12.0 Å². The molecule has 0 bridgehead atoms. The number of nitrogens with zero attached hydrogens (tertiary/aromatic N) is 1. The summed E-state index contributed by atoms with van der Waals surface area (Å²) in [5.41, 5.74) is 1.72. The van der Waals surface area contributed by atoms with Crippen molar-refractivity contribution in [1.29, 1.82) is 0 Å². The summed E-state index contributed by atoms with van der Waals surface area (Å²) >= 11 is 0. The smallest absolute Gasteiger partial charge is 0.242 e. The highest BCUT2D eigenvalue weighted by atomic mass is 16.5. The van der Waals surface area contributed by atoms with Crippen LogP contribution in [0.25, 0.3) is 6.08 Å². The van der Waals surface area contributed by atoms with E-state index in [1.54, 1.807) is 14.2 Å². The van der Waals surface area contributed by atoms with E-state index >= 15 is 0 Å². The largest absolute Gasteiger partial charge is 0.489 e. The van der Waals surface area contributed by atoms with Crippen LogP contribution in [0.2, 0.25) is 0 Å². The van der Waals surface area contributed by atoms with E-state index in [2.05, 4.69) is 22.4 Å². The minimum Gasteiger partial charge on any atom is -0.489 e. The number of para-hydroxylation sites is 1. The summed E-state index contributed by atoms with van der Waals surface area (Å²) in [5.74, 6) is 0.960. The second-order valence-corrected chi connectivity index (χ2v) is 6.20. The molecule has 0 aliphatic carbocycles. The SMILES string of the molecule is CNC(=O)C1(COC)CCCN1CC1=Cc2ccccc2OC1. The van der Waals surface area contributed by atoms with Crippen molar-refractivity contribution in [1.82, 2.24) is 10.2 Å². The Balaban J connectivity index is 1.81. The summed E-state index contributed by atoms with van der Waals surface area (Å²) in [6.07, 6.45) is 4.01. The molecule has 0 spiro atoms. The molecule has 2 heterocycles. The molecular weight excluding hydrogens is 292 g/mol. The third-order valence-electron chi connectivity index (χ3n) is 4.74. The molecule has 0 aromatic heterocycles. The van der Waals surface area contributed by atoms with Gasteiger partial charge in [-0.3, -0.25) is 9.69 Å². The lowest BCUT2D eigenvalue weighted by Crippen LogP contribution is -2.58. The molecule has 5 nitrogen and oxygen atoms in total. The number of fused-ring (bicyclic) bond motifs is 1. The van der Waals surface area contributed by atoms with Crippen LogP contribution in [0.5, 0.6) is 5.75 Å². The van der Waals surface area contributed by atoms with Crippen molar-refractivity contribution in [2.24, 2.45) is 0 Å². The predicted molar refractivity (Wildman–Crippen MR) is 89.4 cm³/mol. The van der Waals surface area contributed by atoms with Crippen LogP contribution in [0.1, 0.15) is 18.4 Å². The van der Waals surface area contributed by atoms with Crippen molar-refractivity contribution in [2.45, 2.75) is 18.4 Å². The monoisotopic (exact) mass is 316 g/mol. The number of amides is 1. The van der Waals surface area contributed by atoms with Gasteiger partial charge in [0.1, 0.15) is 17.9 Å². The van der Waals surface area contributed by atoms with Gasteiger partial charge in [0.2, 0.25) is 5.91 Å². The quantitative estimate of drug-likeness (QED) is 0.898. The van der Waals surface area contributed by atoms with Crippen molar-refractivity contribution in [2.75, 3.05) is 40.5 Å². The number of benzene rings is 1.